The second-order valence-electron chi connectivity index (χ2n) is 11.7. The molecule has 10 nitrogen and oxygen atoms in total. The molecule has 3 aliphatic rings. The van der Waals surface area contributed by atoms with Crippen molar-refractivity contribution in [3.63, 3.8) is 0 Å². The van der Waals surface area contributed by atoms with Crippen LogP contribution in [0.4, 0.5) is 0 Å². The van der Waals surface area contributed by atoms with E-state index in [9.17, 15) is 23.1 Å². The Morgan fingerprint density at radius 2 is 1.78 bits per heavy atom. The number of aliphatic hydroxyl groups is 1. The standard InChI is InChI=1S/C26H35N5O5S/c1-26(2,3)23(31-15-21(28-29-31)16-9-10-16)25(34)30-14-18(32)13-22(30)24(33)27-17-11-20(12-17)37(35,36)19-7-5-4-6-8-19/h4-8,15-18,20,22-23,32H,9-14H2,1-3H3,(H,27,33)/t17-,18-,20-,22+,23-/m1/s1. The number of aromatic nitrogens is 3. The van der Waals surface area contributed by atoms with Crippen LogP contribution in [0.3, 0.4) is 0 Å². The molecule has 2 aromatic rings. The van der Waals surface area contributed by atoms with Crippen molar-refractivity contribution in [2.75, 3.05) is 6.54 Å². The summed E-state index contributed by atoms with van der Waals surface area (Å²) in [6, 6.07) is 6.52. The van der Waals surface area contributed by atoms with Crippen LogP contribution in [0.1, 0.15) is 70.5 Å². The van der Waals surface area contributed by atoms with Crippen LogP contribution in [0.2, 0.25) is 0 Å². The number of nitrogens with zero attached hydrogens (tertiary/aromatic N) is 4. The summed E-state index contributed by atoms with van der Waals surface area (Å²) < 4.78 is 27.2. The lowest BCUT2D eigenvalue weighted by Crippen LogP contribution is -2.55. The molecule has 5 rings (SSSR count). The molecule has 2 aliphatic carbocycles. The lowest BCUT2D eigenvalue weighted by atomic mass is 9.85. The predicted octanol–water partition coefficient (Wildman–Crippen LogP) is 1.83. The molecule has 1 saturated heterocycles. The second-order valence-corrected chi connectivity index (χ2v) is 13.9. The number of amides is 2. The molecular weight excluding hydrogens is 494 g/mol. The molecule has 2 saturated carbocycles. The van der Waals surface area contributed by atoms with Gasteiger partial charge in [-0.3, -0.25) is 9.59 Å². The normalized spacial score (nSPS) is 27.0. The number of rotatable bonds is 7. The summed E-state index contributed by atoms with van der Waals surface area (Å²) in [5.41, 5.74) is 0.371. The second kappa shape index (κ2) is 9.50. The topological polar surface area (TPSA) is 134 Å². The van der Waals surface area contributed by atoms with E-state index < -0.39 is 38.7 Å². The van der Waals surface area contributed by atoms with E-state index in [0.29, 0.717) is 18.8 Å². The van der Waals surface area contributed by atoms with E-state index in [4.69, 9.17) is 0 Å². The number of hydrogen-bond donors (Lipinski definition) is 2. The van der Waals surface area contributed by atoms with Crippen LogP contribution in [-0.2, 0) is 19.4 Å². The number of aliphatic hydroxyl groups excluding tert-OH is 1. The van der Waals surface area contributed by atoms with E-state index in [1.807, 2.05) is 27.0 Å². The Hall–Kier alpha value is -2.79. The van der Waals surface area contributed by atoms with E-state index in [2.05, 4.69) is 15.6 Å². The van der Waals surface area contributed by atoms with E-state index in [0.717, 1.165) is 18.5 Å². The number of benzene rings is 1. The summed E-state index contributed by atoms with van der Waals surface area (Å²) in [4.78, 5) is 28.8. The summed E-state index contributed by atoms with van der Waals surface area (Å²) in [6.07, 6.45) is 3.93. The molecule has 200 valence electrons. The Balaban J connectivity index is 1.26. The maximum atomic E-state index is 13.8. The lowest BCUT2D eigenvalue weighted by Gasteiger charge is -2.37. The summed E-state index contributed by atoms with van der Waals surface area (Å²) in [7, 11) is -3.45. The summed E-state index contributed by atoms with van der Waals surface area (Å²) in [5, 5.41) is 21.3. The van der Waals surface area contributed by atoms with Crippen molar-refractivity contribution in [2.24, 2.45) is 5.41 Å². The number of carbonyl (C=O) groups excluding carboxylic acids is 2. The van der Waals surface area contributed by atoms with E-state index in [-0.39, 0.29) is 35.7 Å². The fourth-order valence-electron chi connectivity index (χ4n) is 5.36. The minimum Gasteiger partial charge on any atom is -0.391 e. The molecule has 2 heterocycles. The first kappa shape index (κ1) is 25.8. The van der Waals surface area contributed by atoms with Gasteiger partial charge in [-0.2, -0.15) is 0 Å². The molecule has 2 N–H and O–H groups in total. The highest BCUT2D eigenvalue weighted by Crippen LogP contribution is 2.40. The lowest BCUT2D eigenvalue weighted by molar-refractivity contribution is -0.144. The highest BCUT2D eigenvalue weighted by molar-refractivity contribution is 7.92. The van der Waals surface area contributed by atoms with Crippen LogP contribution in [0.25, 0.3) is 0 Å². The van der Waals surface area contributed by atoms with Gasteiger partial charge in [0.1, 0.15) is 12.1 Å². The van der Waals surface area contributed by atoms with E-state index >= 15 is 0 Å². The average Bonchev–Trinajstić information content (AvgIpc) is 3.42. The quantitative estimate of drug-likeness (QED) is 0.559. The van der Waals surface area contributed by atoms with Gasteiger partial charge in [0.2, 0.25) is 11.8 Å². The molecule has 1 aromatic carbocycles. The molecule has 1 aromatic heterocycles. The van der Waals surface area contributed by atoms with Crippen molar-refractivity contribution < 1.29 is 23.1 Å². The highest BCUT2D eigenvalue weighted by atomic mass is 32.2. The Morgan fingerprint density at radius 1 is 1.11 bits per heavy atom. The van der Waals surface area contributed by atoms with Crippen LogP contribution in [-0.4, -0.2) is 75.2 Å². The third-order valence-electron chi connectivity index (χ3n) is 7.66. The molecule has 1 aliphatic heterocycles. The van der Waals surface area contributed by atoms with Crippen LogP contribution < -0.4 is 5.32 Å². The van der Waals surface area contributed by atoms with Crippen LogP contribution >= 0.6 is 0 Å². The van der Waals surface area contributed by atoms with Gasteiger partial charge in [0.25, 0.3) is 0 Å². The predicted molar refractivity (Wildman–Crippen MR) is 135 cm³/mol. The van der Waals surface area contributed by atoms with Crippen molar-refractivity contribution >= 4 is 21.7 Å². The molecule has 0 bridgehead atoms. The maximum absolute atomic E-state index is 13.8. The van der Waals surface area contributed by atoms with Gasteiger partial charge in [-0.25, -0.2) is 13.1 Å². The summed E-state index contributed by atoms with van der Waals surface area (Å²) in [5.74, 6) is -0.251. The van der Waals surface area contributed by atoms with Crippen molar-refractivity contribution in [3.05, 3.63) is 42.2 Å². The first-order chi connectivity index (χ1) is 17.4. The number of carbonyl (C=O) groups is 2. The number of β-amino-alcohol motifs (C(OH)–C–C–N with tert-alkyl or cyclic N) is 1. The zero-order chi connectivity index (χ0) is 26.5. The monoisotopic (exact) mass is 529 g/mol. The third kappa shape index (κ3) is 5.16. The van der Waals surface area contributed by atoms with Gasteiger partial charge >= 0.3 is 0 Å². The molecule has 3 atom stereocenters. The molecular formula is C26H35N5O5S. The first-order valence-electron chi connectivity index (χ1n) is 12.9. The Kier molecular flexibility index (Phi) is 6.64. The minimum absolute atomic E-state index is 0.0589. The molecule has 0 spiro atoms. The largest absolute Gasteiger partial charge is 0.391 e. The zero-order valence-corrected chi connectivity index (χ0v) is 22.3. The molecule has 2 amide bonds. The van der Waals surface area contributed by atoms with Crippen molar-refractivity contribution in [1.82, 2.24) is 25.2 Å². The van der Waals surface area contributed by atoms with Gasteiger partial charge in [0.15, 0.2) is 9.84 Å². The molecule has 37 heavy (non-hydrogen) atoms. The van der Waals surface area contributed by atoms with Crippen molar-refractivity contribution in [2.45, 2.75) is 93.2 Å². The van der Waals surface area contributed by atoms with Gasteiger partial charge in [-0.1, -0.05) is 44.2 Å². The van der Waals surface area contributed by atoms with Gasteiger partial charge < -0.3 is 15.3 Å². The Morgan fingerprint density at radius 3 is 2.41 bits per heavy atom. The Bertz CT molecular complexity index is 1260. The fraction of sp³-hybridized carbons (Fsp3) is 0.615. The van der Waals surface area contributed by atoms with Crippen LogP contribution in [0.5, 0.6) is 0 Å². The third-order valence-corrected chi connectivity index (χ3v) is 9.85. The van der Waals surface area contributed by atoms with Crippen LogP contribution in [0, 0.1) is 5.41 Å². The van der Waals surface area contributed by atoms with Crippen LogP contribution in [0.15, 0.2) is 41.4 Å². The van der Waals surface area contributed by atoms with Crippen molar-refractivity contribution in [3.8, 4) is 0 Å². The van der Waals surface area contributed by atoms with Gasteiger partial charge in [-0.05, 0) is 43.2 Å². The zero-order valence-electron chi connectivity index (χ0n) is 21.4. The van der Waals surface area contributed by atoms with Gasteiger partial charge in [-0.15, -0.1) is 5.10 Å². The SMILES string of the molecule is CC(C)(C)[C@@H](C(=O)N1C[C@H](O)C[C@H]1C(=O)N[C@H]1C[C@H](S(=O)(=O)c2ccccc2)C1)n1cc(C2CC2)nn1. The molecule has 11 heteroatoms. The first-order valence-corrected chi connectivity index (χ1v) is 14.5. The van der Waals surface area contributed by atoms with Gasteiger partial charge in [0.05, 0.1) is 21.9 Å². The minimum atomic E-state index is -3.45. The van der Waals surface area contributed by atoms with Crippen molar-refractivity contribution in [1.29, 1.82) is 0 Å². The molecule has 0 radical (unpaired) electrons. The number of likely N-dealkylation sites (tertiary alicyclic amines) is 1. The number of hydrogen-bond acceptors (Lipinski definition) is 7. The maximum Gasteiger partial charge on any atom is 0.248 e. The average molecular weight is 530 g/mol. The summed E-state index contributed by atoms with van der Waals surface area (Å²) >= 11 is 0. The molecule has 0 unspecified atom stereocenters. The van der Waals surface area contributed by atoms with E-state index in [1.165, 1.54) is 4.90 Å². The molecule has 3 fully saturated rings. The highest BCUT2D eigenvalue weighted by Gasteiger charge is 2.47. The van der Waals surface area contributed by atoms with E-state index in [1.54, 1.807) is 35.0 Å². The van der Waals surface area contributed by atoms with Gasteiger partial charge in [0, 0.05) is 31.1 Å². The number of sulfone groups is 1. The smallest absolute Gasteiger partial charge is 0.248 e. The fourth-order valence-corrected chi connectivity index (χ4v) is 7.26. The Labute approximate surface area is 217 Å². The summed E-state index contributed by atoms with van der Waals surface area (Å²) in [6.45, 7) is 5.88. The number of nitrogens with one attached hydrogen (secondary N) is 1.